The van der Waals surface area contributed by atoms with Gasteiger partial charge in [0.1, 0.15) is 9.88 Å². The van der Waals surface area contributed by atoms with Crippen LogP contribution in [0.4, 0.5) is 0 Å². The van der Waals surface area contributed by atoms with Gasteiger partial charge < -0.3 is 5.11 Å². The van der Waals surface area contributed by atoms with E-state index in [4.69, 9.17) is 5.11 Å². The number of hydrogen-bond acceptors (Lipinski definition) is 4. The largest absolute Gasteiger partial charge is 0.477 e. The fourth-order valence-corrected chi connectivity index (χ4v) is 4.52. The van der Waals surface area contributed by atoms with Crippen LogP contribution >= 0.6 is 23.1 Å². The highest BCUT2D eigenvalue weighted by Crippen LogP contribution is 2.40. The number of thioether (sulfide) groups is 1. The third-order valence-electron chi connectivity index (χ3n) is 2.85. The topological polar surface area (TPSA) is 50.2 Å². The molecule has 0 aliphatic carbocycles. The van der Waals surface area contributed by atoms with Gasteiger partial charge in [-0.1, -0.05) is 19.8 Å². The fourth-order valence-electron chi connectivity index (χ4n) is 2.02. The number of carbonyl (C=O) groups is 1. The molecular weight excluding hydrogens is 254 g/mol. The van der Waals surface area contributed by atoms with Crippen molar-refractivity contribution in [1.29, 1.82) is 0 Å². The van der Waals surface area contributed by atoms with Gasteiger partial charge in [0.05, 0.1) is 10.9 Å². The molecule has 94 valence electrons. The standard InChI is InChI=1S/C12H17NO2S2/c1-2-5-8-10(12(14)15)17-11(13-8)9-6-3-4-7-16-9/h9H,2-7H2,1H3,(H,14,15). The van der Waals surface area contributed by atoms with Gasteiger partial charge in [-0.15, -0.1) is 11.3 Å². The Hall–Kier alpha value is -0.550. The first-order chi connectivity index (χ1) is 8.22. The molecule has 1 fully saturated rings. The van der Waals surface area contributed by atoms with Crippen LogP contribution in [0, 0.1) is 0 Å². The third kappa shape index (κ3) is 3.01. The average Bonchev–Trinajstić information content (AvgIpc) is 2.75. The van der Waals surface area contributed by atoms with Gasteiger partial charge in [-0.2, -0.15) is 11.8 Å². The van der Waals surface area contributed by atoms with Gasteiger partial charge >= 0.3 is 5.97 Å². The van der Waals surface area contributed by atoms with E-state index in [0.717, 1.165) is 30.0 Å². The normalized spacial score (nSPS) is 20.4. The molecule has 0 bridgehead atoms. The van der Waals surface area contributed by atoms with E-state index in [1.165, 1.54) is 29.9 Å². The lowest BCUT2D eigenvalue weighted by Gasteiger charge is -2.18. The van der Waals surface area contributed by atoms with Gasteiger partial charge in [0, 0.05) is 0 Å². The maximum atomic E-state index is 11.2. The summed E-state index contributed by atoms with van der Waals surface area (Å²) in [4.78, 5) is 16.2. The van der Waals surface area contributed by atoms with Crippen molar-refractivity contribution in [1.82, 2.24) is 4.98 Å². The highest BCUT2D eigenvalue weighted by atomic mass is 32.2. The van der Waals surface area contributed by atoms with E-state index in [9.17, 15) is 4.79 Å². The SMILES string of the molecule is CCCc1nc(C2CCCCS2)sc1C(=O)O. The monoisotopic (exact) mass is 271 g/mol. The van der Waals surface area contributed by atoms with E-state index in [0.29, 0.717) is 10.1 Å². The van der Waals surface area contributed by atoms with E-state index >= 15 is 0 Å². The van der Waals surface area contributed by atoms with Crippen LogP contribution in [-0.4, -0.2) is 21.8 Å². The van der Waals surface area contributed by atoms with Crippen LogP contribution in [0.3, 0.4) is 0 Å². The summed E-state index contributed by atoms with van der Waals surface area (Å²) in [6.45, 7) is 2.06. The van der Waals surface area contributed by atoms with Crippen molar-refractivity contribution in [2.45, 2.75) is 44.3 Å². The second-order valence-corrected chi connectivity index (χ2v) is 6.58. The van der Waals surface area contributed by atoms with Crippen molar-refractivity contribution in [3.8, 4) is 0 Å². The molecule has 5 heteroatoms. The molecule has 1 saturated heterocycles. The van der Waals surface area contributed by atoms with Crippen LogP contribution in [0.2, 0.25) is 0 Å². The summed E-state index contributed by atoms with van der Waals surface area (Å²) < 4.78 is 0. The van der Waals surface area contributed by atoms with Gasteiger partial charge in [0.2, 0.25) is 0 Å². The van der Waals surface area contributed by atoms with Gasteiger partial charge in [0.25, 0.3) is 0 Å². The molecule has 0 spiro atoms. The molecule has 2 rings (SSSR count). The van der Waals surface area contributed by atoms with Crippen molar-refractivity contribution in [2.24, 2.45) is 0 Å². The maximum Gasteiger partial charge on any atom is 0.347 e. The molecular formula is C12H17NO2S2. The van der Waals surface area contributed by atoms with Crippen LogP contribution < -0.4 is 0 Å². The fraction of sp³-hybridized carbons (Fsp3) is 0.667. The summed E-state index contributed by atoms with van der Waals surface area (Å²) in [6, 6.07) is 0. The molecule has 3 nitrogen and oxygen atoms in total. The Morgan fingerprint density at radius 3 is 2.94 bits per heavy atom. The smallest absolute Gasteiger partial charge is 0.347 e. The second kappa shape index (κ2) is 5.87. The first-order valence-corrected chi connectivity index (χ1v) is 7.93. The molecule has 0 saturated carbocycles. The van der Waals surface area contributed by atoms with Crippen LogP contribution in [0.25, 0.3) is 0 Å². The molecule has 1 unspecified atom stereocenters. The number of hydrogen-bond donors (Lipinski definition) is 1. The van der Waals surface area contributed by atoms with Crippen molar-refractivity contribution in [2.75, 3.05) is 5.75 Å². The minimum absolute atomic E-state index is 0.428. The van der Waals surface area contributed by atoms with Gasteiger partial charge in [-0.25, -0.2) is 9.78 Å². The van der Waals surface area contributed by atoms with Crippen LogP contribution in [0.5, 0.6) is 0 Å². The zero-order chi connectivity index (χ0) is 12.3. The Kier molecular flexibility index (Phi) is 4.45. The molecule has 0 amide bonds. The Morgan fingerprint density at radius 1 is 1.53 bits per heavy atom. The number of aromatic carboxylic acids is 1. The Morgan fingerprint density at radius 2 is 2.35 bits per heavy atom. The predicted octanol–water partition coefficient (Wildman–Crippen LogP) is 3.75. The zero-order valence-corrected chi connectivity index (χ0v) is 11.6. The molecule has 1 atom stereocenters. The number of rotatable bonds is 4. The molecule has 0 aromatic carbocycles. The zero-order valence-electron chi connectivity index (χ0n) is 9.94. The summed E-state index contributed by atoms with van der Waals surface area (Å²) in [6.07, 6.45) is 5.38. The minimum atomic E-state index is -0.821. The van der Waals surface area contributed by atoms with Crippen molar-refractivity contribution < 1.29 is 9.90 Å². The van der Waals surface area contributed by atoms with Crippen LogP contribution in [0.15, 0.2) is 0 Å². The van der Waals surface area contributed by atoms with Crippen LogP contribution in [-0.2, 0) is 6.42 Å². The van der Waals surface area contributed by atoms with Gasteiger partial charge in [-0.3, -0.25) is 0 Å². The van der Waals surface area contributed by atoms with Gasteiger partial charge in [0.15, 0.2) is 0 Å². The first-order valence-electron chi connectivity index (χ1n) is 6.07. The van der Waals surface area contributed by atoms with Gasteiger partial charge in [-0.05, 0) is 25.0 Å². The molecule has 1 N–H and O–H groups in total. The summed E-state index contributed by atoms with van der Waals surface area (Å²) in [5.74, 6) is 0.355. The van der Waals surface area contributed by atoms with E-state index in [1.54, 1.807) is 0 Å². The lowest BCUT2D eigenvalue weighted by Crippen LogP contribution is -2.02. The molecule has 1 aliphatic rings. The second-order valence-electron chi connectivity index (χ2n) is 4.24. The van der Waals surface area contributed by atoms with E-state index in [-0.39, 0.29) is 0 Å². The highest BCUT2D eigenvalue weighted by molar-refractivity contribution is 7.99. The molecule has 2 heterocycles. The third-order valence-corrected chi connectivity index (χ3v) is 5.58. The molecule has 17 heavy (non-hydrogen) atoms. The number of aryl methyl sites for hydroxylation is 1. The molecule has 0 radical (unpaired) electrons. The maximum absolute atomic E-state index is 11.2. The summed E-state index contributed by atoms with van der Waals surface area (Å²) in [5.41, 5.74) is 0.783. The number of carboxylic acids is 1. The minimum Gasteiger partial charge on any atom is -0.477 e. The molecule has 1 aromatic heterocycles. The Balaban J connectivity index is 2.22. The first kappa shape index (κ1) is 12.9. The van der Waals surface area contributed by atoms with E-state index in [2.05, 4.69) is 11.9 Å². The van der Waals surface area contributed by atoms with E-state index in [1.807, 2.05) is 11.8 Å². The van der Waals surface area contributed by atoms with Crippen molar-refractivity contribution in [3.63, 3.8) is 0 Å². The Bertz CT molecular complexity index is 397. The lowest BCUT2D eigenvalue weighted by molar-refractivity contribution is 0.0700. The summed E-state index contributed by atoms with van der Waals surface area (Å²) in [5, 5.41) is 10.6. The lowest BCUT2D eigenvalue weighted by atomic mass is 10.2. The molecule has 1 aromatic rings. The summed E-state index contributed by atoms with van der Waals surface area (Å²) >= 11 is 3.31. The van der Waals surface area contributed by atoms with Crippen molar-refractivity contribution >= 4 is 29.1 Å². The summed E-state index contributed by atoms with van der Waals surface area (Å²) in [7, 11) is 0. The number of thiazole rings is 1. The molecule has 1 aliphatic heterocycles. The van der Waals surface area contributed by atoms with Crippen LogP contribution in [0.1, 0.15) is 58.2 Å². The Labute approximate surface area is 110 Å². The number of carboxylic acid groups (broad SMARTS) is 1. The average molecular weight is 271 g/mol. The number of aromatic nitrogens is 1. The van der Waals surface area contributed by atoms with E-state index < -0.39 is 5.97 Å². The van der Waals surface area contributed by atoms with Crippen molar-refractivity contribution in [3.05, 3.63) is 15.6 Å². The predicted molar refractivity (Wildman–Crippen MR) is 72.1 cm³/mol. The number of nitrogens with zero attached hydrogens (tertiary/aromatic N) is 1. The quantitative estimate of drug-likeness (QED) is 0.906. The highest BCUT2D eigenvalue weighted by Gasteiger charge is 2.23.